The highest BCUT2D eigenvalue weighted by atomic mass is 16.5. The summed E-state index contributed by atoms with van der Waals surface area (Å²) in [5, 5.41) is 7.84. The second-order valence-electron chi connectivity index (χ2n) is 10.6. The fourth-order valence-corrected chi connectivity index (χ4v) is 6.67. The number of benzene rings is 2. The van der Waals surface area contributed by atoms with E-state index in [9.17, 15) is 9.59 Å². The molecule has 7 heteroatoms. The zero-order chi connectivity index (χ0) is 25.4. The number of rotatable bonds is 5. The van der Waals surface area contributed by atoms with Crippen LogP contribution in [0.15, 0.2) is 60.7 Å². The number of ether oxygens (including phenoxy) is 1. The highest BCUT2D eigenvalue weighted by Gasteiger charge is 2.48. The lowest BCUT2D eigenvalue weighted by Gasteiger charge is -2.41. The summed E-state index contributed by atoms with van der Waals surface area (Å²) in [5.74, 6) is 0.0380. The van der Waals surface area contributed by atoms with Crippen molar-refractivity contribution in [1.82, 2.24) is 15.2 Å². The van der Waals surface area contributed by atoms with Crippen molar-refractivity contribution in [3.05, 3.63) is 71.9 Å². The van der Waals surface area contributed by atoms with Gasteiger partial charge in [-0.05, 0) is 43.0 Å². The molecule has 0 spiro atoms. The molecule has 1 saturated heterocycles. The molecule has 1 saturated carbocycles. The lowest BCUT2D eigenvalue weighted by molar-refractivity contribution is -0.139. The Kier molecular flexibility index (Phi) is 6.55. The maximum Gasteiger partial charge on any atom is 0.270 e. The number of para-hydroxylation sites is 2. The summed E-state index contributed by atoms with van der Waals surface area (Å²) >= 11 is 0. The first-order valence-corrected chi connectivity index (χ1v) is 13.5. The van der Waals surface area contributed by atoms with Crippen LogP contribution < -0.4 is 10.6 Å². The number of aromatic nitrogens is 1. The first kappa shape index (κ1) is 23.9. The number of fused-ring (bicyclic) bond motifs is 4. The van der Waals surface area contributed by atoms with Gasteiger partial charge in [-0.1, -0.05) is 55.3 Å². The largest absolute Gasteiger partial charge is 0.383 e. The number of anilines is 1. The predicted octanol–water partition coefficient (Wildman–Crippen LogP) is 4.55. The Morgan fingerprint density at radius 3 is 2.73 bits per heavy atom. The van der Waals surface area contributed by atoms with Crippen LogP contribution in [-0.4, -0.2) is 54.0 Å². The van der Waals surface area contributed by atoms with Gasteiger partial charge in [0.05, 0.1) is 30.1 Å². The maximum absolute atomic E-state index is 14.1. The molecule has 192 valence electrons. The first-order valence-electron chi connectivity index (χ1n) is 13.5. The van der Waals surface area contributed by atoms with Crippen molar-refractivity contribution in [1.29, 1.82) is 0 Å². The zero-order valence-electron chi connectivity index (χ0n) is 21.2. The Balaban J connectivity index is 1.23. The number of pyridine rings is 1. The molecule has 0 radical (unpaired) electrons. The molecule has 2 fully saturated rings. The predicted molar refractivity (Wildman–Crippen MR) is 143 cm³/mol. The number of nitrogens with zero attached hydrogens (tertiary/aromatic N) is 2. The molecular formula is C30H34N4O3. The van der Waals surface area contributed by atoms with Gasteiger partial charge in [0.15, 0.2) is 0 Å². The van der Waals surface area contributed by atoms with Crippen LogP contribution in [0.3, 0.4) is 0 Å². The SMILES string of the molecule is COC[C@@H]1Nc2ccccc2[C@H]2[C@H]1CCN2C(=O)[C@H]1CCCC[C@H]1NC(=O)c1ccc2ccccc2n1. The highest BCUT2D eigenvalue weighted by Crippen LogP contribution is 2.47. The van der Waals surface area contributed by atoms with Crippen LogP contribution in [0.25, 0.3) is 10.9 Å². The standard InChI is InChI=1S/C30H34N4O3/c1-37-18-27-21-16-17-34(28(21)20-9-3-6-12-24(20)32-27)30(36)22-10-4-7-13-25(22)33-29(35)26-15-14-19-8-2-5-11-23(19)31-26/h2-3,5-6,8-9,11-12,14-15,21-22,25,27-28,32H,4,7,10,13,16-18H2,1H3,(H,33,35)/t21-,22-,25+,27-,28-/m0/s1. The summed E-state index contributed by atoms with van der Waals surface area (Å²) in [7, 11) is 1.73. The second-order valence-corrected chi connectivity index (χ2v) is 10.6. The number of likely N-dealkylation sites (tertiary alicyclic amines) is 1. The van der Waals surface area contributed by atoms with Gasteiger partial charge in [-0.15, -0.1) is 0 Å². The Hall–Kier alpha value is -3.45. The molecular weight excluding hydrogens is 464 g/mol. The first-order chi connectivity index (χ1) is 18.1. The average Bonchev–Trinajstić information content (AvgIpc) is 3.39. The van der Waals surface area contributed by atoms with Gasteiger partial charge in [-0.3, -0.25) is 9.59 Å². The third kappa shape index (κ3) is 4.46. The van der Waals surface area contributed by atoms with E-state index in [1.807, 2.05) is 36.4 Å². The zero-order valence-corrected chi connectivity index (χ0v) is 21.2. The highest BCUT2D eigenvalue weighted by molar-refractivity contribution is 5.95. The third-order valence-electron chi connectivity index (χ3n) is 8.44. The van der Waals surface area contributed by atoms with E-state index in [4.69, 9.17) is 4.74 Å². The van der Waals surface area contributed by atoms with E-state index in [1.165, 1.54) is 5.56 Å². The monoisotopic (exact) mass is 498 g/mol. The van der Waals surface area contributed by atoms with Crippen LogP contribution in [0.1, 0.15) is 54.2 Å². The number of amides is 2. The lowest BCUT2D eigenvalue weighted by Crippen LogP contribution is -2.50. The van der Waals surface area contributed by atoms with Crippen LogP contribution in [0.2, 0.25) is 0 Å². The maximum atomic E-state index is 14.1. The van der Waals surface area contributed by atoms with Crippen LogP contribution in [-0.2, 0) is 9.53 Å². The van der Waals surface area contributed by atoms with E-state index < -0.39 is 0 Å². The summed E-state index contributed by atoms with van der Waals surface area (Å²) in [6.45, 7) is 1.34. The van der Waals surface area contributed by atoms with E-state index >= 15 is 0 Å². The second kappa shape index (κ2) is 10.1. The normalized spacial score (nSPS) is 26.7. The Labute approximate surface area is 217 Å². The Morgan fingerprint density at radius 2 is 1.84 bits per heavy atom. The number of methoxy groups -OCH3 is 1. The topological polar surface area (TPSA) is 83.6 Å². The fraction of sp³-hybridized carbons (Fsp3) is 0.433. The molecule has 2 N–H and O–H groups in total. The summed E-state index contributed by atoms with van der Waals surface area (Å²) in [4.78, 5) is 34.0. The quantitative estimate of drug-likeness (QED) is 0.539. The molecule has 6 rings (SSSR count). The number of carbonyl (C=O) groups is 2. The minimum Gasteiger partial charge on any atom is -0.383 e. The summed E-state index contributed by atoms with van der Waals surface area (Å²) < 4.78 is 5.53. The number of carbonyl (C=O) groups excluding carboxylic acids is 2. The van der Waals surface area contributed by atoms with E-state index in [2.05, 4.69) is 38.7 Å². The van der Waals surface area contributed by atoms with Crippen molar-refractivity contribution in [2.45, 2.75) is 50.2 Å². The van der Waals surface area contributed by atoms with Gasteiger partial charge in [-0.25, -0.2) is 4.98 Å². The van der Waals surface area contributed by atoms with Gasteiger partial charge in [-0.2, -0.15) is 0 Å². The van der Waals surface area contributed by atoms with Crippen molar-refractivity contribution in [2.24, 2.45) is 11.8 Å². The smallest absolute Gasteiger partial charge is 0.270 e. The van der Waals surface area contributed by atoms with Gasteiger partial charge < -0.3 is 20.3 Å². The Bertz CT molecular complexity index is 1310. The van der Waals surface area contributed by atoms with Crippen molar-refractivity contribution in [3.63, 3.8) is 0 Å². The van der Waals surface area contributed by atoms with Crippen molar-refractivity contribution in [3.8, 4) is 0 Å². The van der Waals surface area contributed by atoms with Gasteiger partial charge in [0.25, 0.3) is 5.91 Å². The van der Waals surface area contributed by atoms with Gasteiger partial charge >= 0.3 is 0 Å². The van der Waals surface area contributed by atoms with Crippen molar-refractivity contribution in [2.75, 3.05) is 25.6 Å². The van der Waals surface area contributed by atoms with Gasteiger partial charge in [0.1, 0.15) is 5.69 Å². The Morgan fingerprint density at radius 1 is 1.03 bits per heavy atom. The molecule has 1 aromatic heterocycles. The molecule has 0 bridgehead atoms. The minimum atomic E-state index is -0.222. The van der Waals surface area contributed by atoms with Gasteiger partial charge in [0.2, 0.25) is 5.91 Å². The molecule has 2 aliphatic heterocycles. The molecule has 1 aliphatic carbocycles. The molecule has 2 aromatic carbocycles. The molecule has 0 unspecified atom stereocenters. The van der Waals surface area contributed by atoms with Crippen molar-refractivity contribution >= 4 is 28.4 Å². The molecule has 3 aliphatic rings. The van der Waals surface area contributed by atoms with E-state index in [1.54, 1.807) is 13.2 Å². The van der Waals surface area contributed by atoms with Crippen LogP contribution in [0, 0.1) is 11.8 Å². The van der Waals surface area contributed by atoms with E-state index in [0.717, 1.165) is 55.2 Å². The van der Waals surface area contributed by atoms with Crippen LogP contribution in [0.5, 0.6) is 0 Å². The van der Waals surface area contributed by atoms with E-state index in [0.29, 0.717) is 18.2 Å². The number of hydrogen-bond donors (Lipinski definition) is 2. The third-order valence-corrected chi connectivity index (χ3v) is 8.44. The fourth-order valence-electron chi connectivity index (χ4n) is 6.67. The molecule has 3 aromatic rings. The van der Waals surface area contributed by atoms with Crippen LogP contribution in [0.4, 0.5) is 5.69 Å². The van der Waals surface area contributed by atoms with Crippen molar-refractivity contribution < 1.29 is 14.3 Å². The summed E-state index contributed by atoms with van der Waals surface area (Å²) in [5.41, 5.74) is 3.46. The molecule has 3 heterocycles. The van der Waals surface area contributed by atoms with E-state index in [-0.39, 0.29) is 35.9 Å². The molecule has 2 amide bonds. The number of hydrogen-bond acceptors (Lipinski definition) is 5. The summed E-state index contributed by atoms with van der Waals surface area (Å²) in [6.07, 6.45) is 4.56. The minimum absolute atomic E-state index is 0.0329. The lowest BCUT2D eigenvalue weighted by atomic mass is 9.81. The summed E-state index contributed by atoms with van der Waals surface area (Å²) in [6, 6.07) is 19.8. The molecule has 5 atom stereocenters. The average molecular weight is 499 g/mol. The van der Waals surface area contributed by atoms with Crippen LogP contribution >= 0.6 is 0 Å². The molecule has 37 heavy (non-hydrogen) atoms. The number of nitrogens with one attached hydrogen (secondary N) is 2. The molecule has 7 nitrogen and oxygen atoms in total. The van der Waals surface area contributed by atoms with Gasteiger partial charge in [0, 0.05) is 36.7 Å².